The van der Waals surface area contributed by atoms with E-state index in [0.29, 0.717) is 42.3 Å². The molecule has 1 saturated heterocycles. The second-order valence-electron chi connectivity index (χ2n) is 6.79. The van der Waals surface area contributed by atoms with Gasteiger partial charge in [0.1, 0.15) is 0 Å². The number of hydrogen-bond acceptors (Lipinski definition) is 3. The number of amides is 2. The first kappa shape index (κ1) is 18.5. The average molecular weight is 384 g/mol. The first-order chi connectivity index (χ1) is 11.9. The summed E-state index contributed by atoms with van der Waals surface area (Å²) in [5.41, 5.74) is 0.788. The monoisotopic (exact) mass is 383 g/mol. The number of nitrogens with one attached hydrogen (secondary N) is 1. The smallest absolute Gasteiger partial charge is 0.237 e. The van der Waals surface area contributed by atoms with E-state index in [1.807, 2.05) is 11.8 Å². The first-order valence-electron chi connectivity index (χ1n) is 8.70. The van der Waals surface area contributed by atoms with Crippen LogP contribution in [0.2, 0.25) is 10.0 Å². The molecule has 0 aromatic heterocycles. The van der Waals surface area contributed by atoms with Gasteiger partial charge in [0, 0.05) is 42.3 Å². The molecule has 0 spiro atoms. The third-order valence-corrected chi connectivity index (χ3v) is 5.46. The maximum absolute atomic E-state index is 12.5. The van der Waals surface area contributed by atoms with Crippen molar-refractivity contribution in [2.75, 3.05) is 26.2 Å². The molecule has 1 heterocycles. The van der Waals surface area contributed by atoms with Gasteiger partial charge in [-0.3, -0.25) is 14.5 Å². The number of carbonyl (C=O) groups is 2. The molecule has 1 unspecified atom stereocenters. The van der Waals surface area contributed by atoms with Crippen molar-refractivity contribution in [3.63, 3.8) is 0 Å². The molecule has 2 aliphatic rings. The van der Waals surface area contributed by atoms with Crippen LogP contribution in [0.25, 0.3) is 0 Å². The fraction of sp³-hybridized carbons (Fsp3) is 0.556. The molecule has 3 rings (SSSR count). The standard InChI is InChI=1S/C18H23Cl2N3O2/c1-12(18(25)21-15-4-5-15)22-6-8-23(9-7-22)17(24)10-13-2-3-14(19)11-16(13)20/h2-3,11-12,15H,4-10H2,1H3,(H,21,25). The zero-order valence-corrected chi connectivity index (χ0v) is 15.8. The van der Waals surface area contributed by atoms with Gasteiger partial charge in [0.2, 0.25) is 11.8 Å². The van der Waals surface area contributed by atoms with Gasteiger partial charge in [0.15, 0.2) is 0 Å². The van der Waals surface area contributed by atoms with E-state index in [1.54, 1.807) is 18.2 Å². The summed E-state index contributed by atoms with van der Waals surface area (Å²) in [7, 11) is 0. The predicted molar refractivity (Wildman–Crippen MR) is 98.9 cm³/mol. The molecule has 0 bridgehead atoms. The van der Waals surface area contributed by atoms with E-state index in [1.165, 1.54) is 0 Å². The summed E-state index contributed by atoms with van der Waals surface area (Å²) in [6.45, 7) is 4.61. The van der Waals surface area contributed by atoms with Gasteiger partial charge in [-0.25, -0.2) is 0 Å². The van der Waals surface area contributed by atoms with Crippen LogP contribution in [0, 0.1) is 0 Å². The zero-order valence-electron chi connectivity index (χ0n) is 14.3. The topological polar surface area (TPSA) is 52.7 Å². The van der Waals surface area contributed by atoms with Gasteiger partial charge < -0.3 is 10.2 Å². The maximum Gasteiger partial charge on any atom is 0.237 e. The highest BCUT2D eigenvalue weighted by Crippen LogP contribution is 2.22. The molecular formula is C18H23Cl2N3O2. The Balaban J connectivity index is 1.49. The van der Waals surface area contributed by atoms with Crippen molar-refractivity contribution in [1.82, 2.24) is 15.1 Å². The Morgan fingerprint density at radius 1 is 1.20 bits per heavy atom. The number of nitrogens with zero attached hydrogens (tertiary/aromatic N) is 2. The second kappa shape index (κ2) is 7.94. The molecule has 1 aliphatic carbocycles. The Morgan fingerprint density at radius 2 is 1.88 bits per heavy atom. The van der Waals surface area contributed by atoms with Crippen LogP contribution >= 0.6 is 23.2 Å². The molecule has 136 valence electrons. The van der Waals surface area contributed by atoms with E-state index in [9.17, 15) is 9.59 Å². The van der Waals surface area contributed by atoms with Gasteiger partial charge in [0.05, 0.1) is 12.5 Å². The summed E-state index contributed by atoms with van der Waals surface area (Å²) in [6, 6.07) is 5.42. The Kier molecular flexibility index (Phi) is 5.87. The van der Waals surface area contributed by atoms with Crippen LogP contribution in [-0.4, -0.2) is 59.9 Å². The van der Waals surface area contributed by atoms with Crippen LogP contribution in [-0.2, 0) is 16.0 Å². The zero-order chi connectivity index (χ0) is 18.0. The molecular weight excluding hydrogens is 361 g/mol. The van der Waals surface area contributed by atoms with E-state index in [4.69, 9.17) is 23.2 Å². The molecule has 1 saturated carbocycles. The highest BCUT2D eigenvalue weighted by atomic mass is 35.5. The van der Waals surface area contributed by atoms with E-state index < -0.39 is 0 Å². The van der Waals surface area contributed by atoms with Crippen molar-refractivity contribution in [1.29, 1.82) is 0 Å². The van der Waals surface area contributed by atoms with Gasteiger partial charge >= 0.3 is 0 Å². The van der Waals surface area contributed by atoms with Gasteiger partial charge in [0.25, 0.3) is 0 Å². The van der Waals surface area contributed by atoms with Crippen molar-refractivity contribution in [3.8, 4) is 0 Å². The molecule has 0 radical (unpaired) electrons. The minimum Gasteiger partial charge on any atom is -0.352 e. The SMILES string of the molecule is CC(C(=O)NC1CC1)N1CCN(C(=O)Cc2ccc(Cl)cc2Cl)CC1. The normalized spacial score (nSPS) is 19.6. The molecule has 2 amide bonds. The number of rotatable bonds is 5. The van der Waals surface area contributed by atoms with Crippen molar-refractivity contribution in [2.45, 2.75) is 38.3 Å². The number of hydrogen-bond donors (Lipinski definition) is 1. The number of piperazine rings is 1. The van der Waals surface area contributed by atoms with Crippen LogP contribution < -0.4 is 5.32 Å². The van der Waals surface area contributed by atoms with Crippen LogP contribution in [0.1, 0.15) is 25.3 Å². The lowest BCUT2D eigenvalue weighted by molar-refractivity contribution is -0.133. The van der Waals surface area contributed by atoms with Crippen LogP contribution in [0.3, 0.4) is 0 Å². The van der Waals surface area contributed by atoms with Gasteiger partial charge in [-0.15, -0.1) is 0 Å². The van der Waals surface area contributed by atoms with Gasteiger partial charge in [-0.2, -0.15) is 0 Å². The van der Waals surface area contributed by atoms with E-state index >= 15 is 0 Å². The van der Waals surface area contributed by atoms with Gasteiger partial charge in [-0.1, -0.05) is 29.3 Å². The summed E-state index contributed by atoms with van der Waals surface area (Å²) in [5, 5.41) is 4.12. The molecule has 1 N–H and O–H groups in total. The fourth-order valence-corrected chi connectivity index (χ4v) is 3.49. The van der Waals surface area contributed by atoms with E-state index in [0.717, 1.165) is 18.4 Å². The van der Waals surface area contributed by atoms with Crippen molar-refractivity contribution >= 4 is 35.0 Å². The van der Waals surface area contributed by atoms with Crippen LogP contribution in [0.4, 0.5) is 0 Å². The molecule has 7 heteroatoms. The Bertz CT molecular complexity index is 656. The summed E-state index contributed by atoms with van der Waals surface area (Å²) in [4.78, 5) is 28.6. The van der Waals surface area contributed by atoms with E-state index in [2.05, 4.69) is 10.2 Å². The minimum absolute atomic E-state index is 0.0546. The predicted octanol–water partition coefficient (Wildman–Crippen LogP) is 2.35. The van der Waals surface area contributed by atoms with Crippen molar-refractivity contribution in [3.05, 3.63) is 33.8 Å². The lowest BCUT2D eigenvalue weighted by Crippen LogP contribution is -2.55. The highest BCUT2D eigenvalue weighted by Gasteiger charge is 2.30. The molecule has 25 heavy (non-hydrogen) atoms. The van der Waals surface area contributed by atoms with Gasteiger partial charge in [-0.05, 0) is 37.5 Å². The summed E-state index contributed by atoms with van der Waals surface area (Å²) in [5.74, 6) is 0.147. The van der Waals surface area contributed by atoms with Crippen LogP contribution in [0.15, 0.2) is 18.2 Å². The Morgan fingerprint density at radius 3 is 2.48 bits per heavy atom. The highest BCUT2D eigenvalue weighted by molar-refractivity contribution is 6.35. The molecule has 1 atom stereocenters. The first-order valence-corrected chi connectivity index (χ1v) is 9.46. The number of carbonyl (C=O) groups excluding carboxylic acids is 2. The molecule has 2 fully saturated rings. The minimum atomic E-state index is -0.149. The Hall–Kier alpha value is -1.30. The maximum atomic E-state index is 12.5. The molecule has 1 aliphatic heterocycles. The number of benzene rings is 1. The van der Waals surface area contributed by atoms with Crippen molar-refractivity contribution in [2.24, 2.45) is 0 Å². The van der Waals surface area contributed by atoms with Crippen LogP contribution in [0.5, 0.6) is 0 Å². The lowest BCUT2D eigenvalue weighted by atomic mass is 10.1. The molecule has 5 nitrogen and oxygen atoms in total. The fourth-order valence-electron chi connectivity index (χ4n) is 3.01. The average Bonchev–Trinajstić information content (AvgIpc) is 3.40. The van der Waals surface area contributed by atoms with E-state index in [-0.39, 0.29) is 24.3 Å². The number of halogens is 2. The third kappa shape index (κ3) is 4.87. The lowest BCUT2D eigenvalue weighted by Gasteiger charge is -2.37. The summed E-state index contributed by atoms with van der Waals surface area (Å²) >= 11 is 12.0. The quantitative estimate of drug-likeness (QED) is 0.848. The third-order valence-electron chi connectivity index (χ3n) is 4.87. The summed E-state index contributed by atoms with van der Waals surface area (Å²) in [6.07, 6.45) is 2.45. The molecule has 1 aromatic rings. The summed E-state index contributed by atoms with van der Waals surface area (Å²) < 4.78 is 0. The van der Waals surface area contributed by atoms with Crippen molar-refractivity contribution < 1.29 is 9.59 Å². The molecule has 1 aromatic carbocycles. The Labute approximate surface area is 158 Å². The largest absolute Gasteiger partial charge is 0.352 e. The second-order valence-corrected chi connectivity index (χ2v) is 7.63.